The number of aromatic hydroxyl groups is 2. The van der Waals surface area contributed by atoms with Gasteiger partial charge in [-0.15, -0.1) is 0 Å². The lowest BCUT2D eigenvalue weighted by Crippen LogP contribution is -2.40. The summed E-state index contributed by atoms with van der Waals surface area (Å²) in [6.07, 6.45) is -0.172. The van der Waals surface area contributed by atoms with E-state index in [9.17, 15) is 20.1 Å². The molecule has 1 saturated heterocycles. The summed E-state index contributed by atoms with van der Waals surface area (Å²) in [5.41, 5.74) is 1.47. The predicted octanol–water partition coefficient (Wildman–Crippen LogP) is 1.56. The first kappa shape index (κ1) is 19.8. The number of rotatable bonds is 2. The number of hydrogen-bond acceptors (Lipinski definition) is 6. The lowest BCUT2D eigenvalue weighted by molar-refractivity contribution is 0.0630. The van der Waals surface area contributed by atoms with Crippen LogP contribution in [0.3, 0.4) is 0 Å². The van der Waals surface area contributed by atoms with Crippen LogP contribution < -0.4 is 10.9 Å². The molecule has 0 unspecified atom stereocenters. The molecule has 3 N–H and O–H groups in total. The van der Waals surface area contributed by atoms with Crippen LogP contribution in [-0.4, -0.2) is 54.3 Å². The summed E-state index contributed by atoms with van der Waals surface area (Å²) in [7, 11) is 3.81. The fraction of sp³-hybridized carbons (Fsp3) is 0.286. The van der Waals surface area contributed by atoms with E-state index in [4.69, 9.17) is 16.0 Å². The molecule has 29 heavy (non-hydrogen) atoms. The number of aliphatic hydroxyl groups excluding tert-OH is 1. The highest BCUT2D eigenvalue weighted by Crippen LogP contribution is 2.42. The van der Waals surface area contributed by atoms with Gasteiger partial charge in [-0.3, -0.25) is 4.79 Å². The van der Waals surface area contributed by atoms with Gasteiger partial charge in [0.15, 0.2) is 5.43 Å². The van der Waals surface area contributed by atoms with Crippen molar-refractivity contribution < 1.29 is 19.7 Å². The zero-order chi connectivity index (χ0) is 20.9. The van der Waals surface area contributed by atoms with Gasteiger partial charge in [0, 0.05) is 35.7 Å². The number of nitrogens with zero attached hydrogens (tertiary/aromatic N) is 1. The van der Waals surface area contributed by atoms with Gasteiger partial charge in [-0.05, 0) is 26.1 Å². The molecule has 0 saturated carbocycles. The van der Waals surface area contributed by atoms with Gasteiger partial charge < -0.3 is 24.6 Å². The van der Waals surface area contributed by atoms with Crippen LogP contribution in [0.4, 0.5) is 0 Å². The molecule has 1 aliphatic rings. The topological polar surface area (TPSA) is 94.1 Å². The van der Waals surface area contributed by atoms with Crippen LogP contribution in [0.15, 0.2) is 39.5 Å². The summed E-state index contributed by atoms with van der Waals surface area (Å²) in [6, 6.07) is 7.80. The SMILES string of the molecule is Bc1ccc(-c2cc(=O)c3c(O)cc(O)c([C@H]4CCN(C)C[C@H]4O)c3o2)c(Cl)c1. The van der Waals surface area contributed by atoms with E-state index >= 15 is 0 Å². The number of β-amino-alcohol motifs (C(OH)–C–C–N with tert-alkyl or cyclic N) is 1. The maximum Gasteiger partial charge on any atom is 0.197 e. The highest BCUT2D eigenvalue weighted by Gasteiger charge is 2.33. The quantitative estimate of drug-likeness (QED) is 0.552. The van der Waals surface area contributed by atoms with Crippen LogP contribution in [0.1, 0.15) is 17.9 Å². The van der Waals surface area contributed by atoms with E-state index in [-0.39, 0.29) is 28.2 Å². The summed E-state index contributed by atoms with van der Waals surface area (Å²) in [4.78, 5) is 14.8. The molecule has 4 rings (SSSR count). The molecule has 1 aliphatic heterocycles. The Bertz CT molecular complexity index is 1160. The predicted molar refractivity (Wildman–Crippen MR) is 115 cm³/mol. The molecule has 2 heterocycles. The van der Waals surface area contributed by atoms with E-state index in [2.05, 4.69) is 0 Å². The maximum atomic E-state index is 12.8. The normalized spacial score (nSPS) is 20.2. The van der Waals surface area contributed by atoms with Gasteiger partial charge in [0.2, 0.25) is 0 Å². The van der Waals surface area contributed by atoms with Gasteiger partial charge >= 0.3 is 0 Å². The van der Waals surface area contributed by atoms with E-state index in [1.54, 1.807) is 12.1 Å². The molecule has 2 atom stereocenters. The van der Waals surface area contributed by atoms with Gasteiger partial charge in [0.25, 0.3) is 0 Å². The number of piperidine rings is 1. The molecular formula is C21H21BClNO5. The number of likely N-dealkylation sites (tertiary alicyclic amines) is 1. The number of hydrogen-bond donors (Lipinski definition) is 3. The molecule has 2 aromatic carbocycles. The number of phenolic OH excluding ortho intramolecular Hbond substituents is 2. The number of aliphatic hydroxyl groups is 1. The fourth-order valence-corrected chi connectivity index (χ4v) is 4.39. The average Bonchev–Trinajstić information content (AvgIpc) is 2.62. The van der Waals surface area contributed by atoms with Crippen LogP contribution >= 0.6 is 11.6 Å². The Balaban J connectivity index is 1.99. The van der Waals surface area contributed by atoms with Crippen LogP contribution in [-0.2, 0) is 0 Å². The second-order valence-corrected chi connectivity index (χ2v) is 8.12. The van der Waals surface area contributed by atoms with Crippen LogP contribution in [0.2, 0.25) is 5.02 Å². The molecule has 3 aromatic rings. The van der Waals surface area contributed by atoms with Crippen LogP contribution in [0, 0.1) is 0 Å². The minimum atomic E-state index is -0.746. The Morgan fingerprint density at radius 1 is 1.21 bits per heavy atom. The molecule has 0 bridgehead atoms. The van der Waals surface area contributed by atoms with Crippen molar-refractivity contribution in [2.45, 2.75) is 18.4 Å². The van der Waals surface area contributed by atoms with Crippen LogP contribution in [0.25, 0.3) is 22.3 Å². The lowest BCUT2D eigenvalue weighted by Gasteiger charge is -2.34. The summed E-state index contributed by atoms with van der Waals surface area (Å²) >= 11 is 6.35. The second kappa shape index (κ2) is 7.41. The van der Waals surface area contributed by atoms with Crippen LogP contribution in [0.5, 0.6) is 11.5 Å². The van der Waals surface area contributed by atoms with Gasteiger partial charge in [-0.1, -0.05) is 29.2 Å². The molecule has 0 amide bonds. The van der Waals surface area contributed by atoms with Crippen molar-refractivity contribution in [3.8, 4) is 22.8 Å². The molecular weight excluding hydrogens is 392 g/mol. The summed E-state index contributed by atoms with van der Waals surface area (Å²) in [5, 5.41) is 31.9. The Kier molecular flexibility index (Phi) is 5.06. The molecule has 0 aliphatic carbocycles. The van der Waals surface area contributed by atoms with Gasteiger partial charge in [0.05, 0.1) is 11.1 Å². The zero-order valence-electron chi connectivity index (χ0n) is 16.1. The zero-order valence-corrected chi connectivity index (χ0v) is 16.9. The molecule has 1 fully saturated rings. The standard InChI is InChI=1S/C21H21BClNO5/c1-24-5-4-12(17(28)9-24)19-14(25)7-15(26)20-16(27)8-18(29-21(19)20)11-3-2-10(22)6-13(11)23/h2-3,6-8,12,17,25-26,28H,4-5,9,22H2,1H3/t12-,17+/m0/s1. The van der Waals surface area contributed by atoms with Gasteiger partial charge in [-0.25, -0.2) is 0 Å². The number of halogens is 1. The number of phenols is 2. The maximum absolute atomic E-state index is 12.8. The molecule has 0 radical (unpaired) electrons. The van der Waals surface area contributed by atoms with Gasteiger partial charge in [0.1, 0.15) is 36.1 Å². The highest BCUT2D eigenvalue weighted by atomic mass is 35.5. The van der Waals surface area contributed by atoms with Crippen molar-refractivity contribution in [1.82, 2.24) is 4.90 Å². The number of fused-ring (bicyclic) bond motifs is 1. The van der Waals surface area contributed by atoms with Gasteiger partial charge in [-0.2, -0.15) is 0 Å². The van der Waals surface area contributed by atoms with E-state index < -0.39 is 17.5 Å². The first-order valence-electron chi connectivity index (χ1n) is 9.42. The first-order valence-corrected chi connectivity index (χ1v) is 9.80. The van der Waals surface area contributed by atoms with E-state index in [0.29, 0.717) is 29.1 Å². The Hall–Kier alpha value is -2.48. The molecule has 0 spiro atoms. The highest BCUT2D eigenvalue weighted by molar-refractivity contribution is 6.37. The first-order chi connectivity index (χ1) is 13.8. The average molecular weight is 414 g/mol. The largest absolute Gasteiger partial charge is 0.507 e. The Morgan fingerprint density at radius 3 is 2.66 bits per heavy atom. The number of benzene rings is 2. The number of likely N-dealkylation sites (N-methyl/N-ethyl adjacent to an activating group) is 1. The van der Waals surface area contributed by atoms with Crippen molar-refractivity contribution in [3.05, 3.63) is 51.1 Å². The van der Waals surface area contributed by atoms with Crippen molar-refractivity contribution >= 4 is 35.9 Å². The van der Waals surface area contributed by atoms with Crippen molar-refractivity contribution in [2.75, 3.05) is 20.1 Å². The van der Waals surface area contributed by atoms with Crippen molar-refractivity contribution in [2.24, 2.45) is 0 Å². The molecule has 1 aromatic heterocycles. The summed E-state index contributed by atoms with van der Waals surface area (Å²) < 4.78 is 6.04. The minimum Gasteiger partial charge on any atom is -0.507 e. The Labute approximate surface area is 173 Å². The van der Waals surface area contributed by atoms with E-state index in [1.807, 2.05) is 25.9 Å². The second-order valence-electron chi connectivity index (χ2n) is 7.72. The van der Waals surface area contributed by atoms with Crippen molar-refractivity contribution in [3.63, 3.8) is 0 Å². The third-order valence-electron chi connectivity index (χ3n) is 5.54. The van der Waals surface area contributed by atoms with E-state index in [1.165, 1.54) is 6.07 Å². The fourth-order valence-electron chi connectivity index (χ4n) is 4.06. The summed E-state index contributed by atoms with van der Waals surface area (Å²) in [5.74, 6) is -0.764. The third kappa shape index (κ3) is 3.50. The smallest absolute Gasteiger partial charge is 0.197 e. The van der Waals surface area contributed by atoms with Crippen molar-refractivity contribution in [1.29, 1.82) is 0 Å². The summed E-state index contributed by atoms with van der Waals surface area (Å²) in [6.45, 7) is 1.15. The minimum absolute atomic E-state index is 0.0177. The van der Waals surface area contributed by atoms with E-state index in [0.717, 1.165) is 18.1 Å². The lowest BCUT2D eigenvalue weighted by atomic mass is 9.85. The molecule has 150 valence electrons. The Morgan fingerprint density at radius 2 is 1.97 bits per heavy atom. The third-order valence-corrected chi connectivity index (χ3v) is 5.86. The molecule has 8 heteroatoms. The molecule has 6 nitrogen and oxygen atoms in total. The monoisotopic (exact) mass is 413 g/mol.